The number of nitrogens with one attached hydrogen (secondary N) is 1. The smallest absolute Gasteiger partial charge is 0.267 e. The number of nitrogens with two attached hydrogens (primary N) is 1. The largest absolute Gasteiger partial charge is 0.382 e. The Hall–Kier alpha value is -1.34. The lowest BCUT2D eigenvalue weighted by atomic mass is 10.2. The Morgan fingerprint density at radius 1 is 1.40 bits per heavy atom. The summed E-state index contributed by atoms with van der Waals surface area (Å²) in [5.74, 6) is 0.372. The van der Waals surface area contributed by atoms with Crippen LogP contribution >= 0.6 is 11.3 Å². The fraction of sp³-hybridized carbons (Fsp3) is 0.692. The Labute approximate surface area is 123 Å². The van der Waals surface area contributed by atoms with Gasteiger partial charge in [-0.3, -0.25) is 9.69 Å². The molecule has 1 aromatic rings. The lowest BCUT2D eigenvalue weighted by molar-refractivity contribution is 0.0785. The molecule has 0 aliphatic carbocycles. The average molecular weight is 295 g/mol. The van der Waals surface area contributed by atoms with Crippen molar-refractivity contribution in [2.45, 2.75) is 25.3 Å². The quantitative estimate of drug-likeness (QED) is 0.873. The second-order valence-corrected chi connectivity index (χ2v) is 6.42. The number of hydrogen-bond acceptors (Lipinski definition) is 6. The molecule has 2 fully saturated rings. The van der Waals surface area contributed by atoms with E-state index in [0.717, 1.165) is 19.5 Å². The van der Waals surface area contributed by atoms with Crippen LogP contribution in [0.5, 0.6) is 0 Å². The van der Waals surface area contributed by atoms with E-state index in [2.05, 4.69) is 15.2 Å². The molecule has 20 heavy (non-hydrogen) atoms. The number of hydrogen-bond donors (Lipinski definition) is 2. The van der Waals surface area contributed by atoms with E-state index in [1.807, 2.05) is 4.90 Å². The summed E-state index contributed by atoms with van der Waals surface area (Å²) < 4.78 is 0. The minimum atomic E-state index is 0.0307. The Bertz CT molecular complexity index is 497. The van der Waals surface area contributed by atoms with Crippen LogP contribution < -0.4 is 11.1 Å². The Morgan fingerprint density at radius 2 is 2.15 bits per heavy atom. The van der Waals surface area contributed by atoms with Crippen LogP contribution in [0.4, 0.5) is 10.9 Å². The minimum absolute atomic E-state index is 0.0307. The number of aromatic nitrogens is 1. The fourth-order valence-electron chi connectivity index (χ4n) is 3.07. The van der Waals surface area contributed by atoms with Gasteiger partial charge in [0, 0.05) is 26.2 Å². The molecule has 0 bridgehead atoms. The summed E-state index contributed by atoms with van der Waals surface area (Å²) in [6.07, 6.45) is 3.65. The lowest BCUT2D eigenvalue weighted by Crippen LogP contribution is -2.37. The predicted molar refractivity (Wildman–Crippen MR) is 81.2 cm³/mol. The van der Waals surface area contributed by atoms with E-state index in [9.17, 15) is 4.79 Å². The number of thiazole rings is 1. The van der Waals surface area contributed by atoms with E-state index in [1.54, 1.807) is 7.05 Å². The van der Waals surface area contributed by atoms with Crippen LogP contribution in [0.1, 0.15) is 28.9 Å². The average Bonchev–Trinajstić information content (AvgIpc) is 3.17. The van der Waals surface area contributed by atoms with Crippen LogP contribution in [0.15, 0.2) is 0 Å². The highest BCUT2D eigenvalue weighted by atomic mass is 32.1. The number of carbonyl (C=O) groups excluding carboxylic acids is 1. The summed E-state index contributed by atoms with van der Waals surface area (Å²) in [4.78, 5) is 21.7. The third kappa shape index (κ3) is 2.47. The number of nitrogen functional groups attached to an aromatic ring is 1. The van der Waals surface area contributed by atoms with Gasteiger partial charge < -0.3 is 16.0 Å². The van der Waals surface area contributed by atoms with Crippen molar-refractivity contribution in [1.82, 2.24) is 14.8 Å². The monoisotopic (exact) mass is 295 g/mol. The summed E-state index contributed by atoms with van der Waals surface area (Å²) in [5, 5.41) is 3.63. The number of nitrogens with zero attached hydrogens (tertiary/aromatic N) is 3. The number of likely N-dealkylation sites (tertiary alicyclic amines) is 2. The molecular formula is C13H21N5OS. The van der Waals surface area contributed by atoms with Crippen LogP contribution in [-0.2, 0) is 0 Å². The maximum atomic E-state index is 12.5. The molecule has 2 saturated heterocycles. The van der Waals surface area contributed by atoms with Gasteiger partial charge in [-0.2, -0.15) is 0 Å². The molecule has 0 radical (unpaired) electrons. The van der Waals surface area contributed by atoms with Crippen molar-refractivity contribution < 1.29 is 4.79 Å². The zero-order chi connectivity index (χ0) is 14.1. The van der Waals surface area contributed by atoms with E-state index in [1.165, 1.54) is 37.3 Å². The first-order valence-corrected chi connectivity index (χ1v) is 7.98. The molecule has 3 rings (SSSR count). The van der Waals surface area contributed by atoms with E-state index in [0.29, 0.717) is 21.9 Å². The third-order valence-electron chi connectivity index (χ3n) is 4.17. The van der Waals surface area contributed by atoms with Crippen molar-refractivity contribution in [3.63, 3.8) is 0 Å². The molecule has 3 heterocycles. The van der Waals surface area contributed by atoms with Crippen molar-refractivity contribution >= 4 is 28.2 Å². The van der Waals surface area contributed by atoms with Crippen molar-refractivity contribution in [2.75, 3.05) is 44.3 Å². The maximum Gasteiger partial charge on any atom is 0.267 e. The molecule has 0 saturated carbocycles. The molecule has 1 atom stereocenters. The highest BCUT2D eigenvalue weighted by Gasteiger charge is 2.33. The highest BCUT2D eigenvalue weighted by Crippen LogP contribution is 2.28. The number of carbonyl (C=O) groups is 1. The van der Waals surface area contributed by atoms with Gasteiger partial charge in [-0.05, 0) is 32.4 Å². The number of anilines is 2. The third-order valence-corrected chi connectivity index (χ3v) is 5.25. The first-order valence-electron chi connectivity index (χ1n) is 7.16. The Morgan fingerprint density at radius 3 is 2.80 bits per heavy atom. The first-order chi connectivity index (χ1) is 9.69. The molecule has 0 aromatic carbocycles. The molecule has 1 aromatic heterocycles. The molecule has 2 aliphatic heterocycles. The van der Waals surface area contributed by atoms with Crippen LogP contribution in [0.25, 0.3) is 0 Å². The molecule has 6 nitrogen and oxygen atoms in total. The van der Waals surface area contributed by atoms with Crippen LogP contribution in [-0.4, -0.2) is 60.0 Å². The van der Waals surface area contributed by atoms with Crippen LogP contribution in [0.3, 0.4) is 0 Å². The van der Waals surface area contributed by atoms with Crippen molar-refractivity contribution in [3.05, 3.63) is 4.88 Å². The van der Waals surface area contributed by atoms with Crippen molar-refractivity contribution in [2.24, 2.45) is 0 Å². The number of amides is 1. The van der Waals surface area contributed by atoms with Crippen molar-refractivity contribution in [3.8, 4) is 0 Å². The van der Waals surface area contributed by atoms with Gasteiger partial charge in [0.1, 0.15) is 10.7 Å². The molecule has 1 amide bonds. The normalized spacial score (nSPS) is 23.4. The molecule has 7 heteroatoms. The molecule has 1 unspecified atom stereocenters. The lowest BCUT2D eigenvalue weighted by Gasteiger charge is -2.23. The van der Waals surface area contributed by atoms with Gasteiger partial charge in [0.05, 0.1) is 0 Å². The van der Waals surface area contributed by atoms with Gasteiger partial charge in [0.2, 0.25) is 0 Å². The number of rotatable bonds is 3. The second kappa shape index (κ2) is 5.57. The van der Waals surface area contributed by atoms with Gasteiger partial charge in [0.15, 0.2) is 5.13 Å². The molecule has 110 valence electrons. The minimum Gasteiger partial charge on any atom is -0.382 e. The topological polar surface area (TPSA) is 74.5 Å². The summed E-state index contributed by atoms with van der Waals surface area (Å²) in [6, 6.07) is 0.527. The van der Waals surface area contributed by atoms with E-state index < -0.39 is 0 Å². The van der Waals surface area contributed by atoms with Crippen molar-refractivity contribution in [1.29, 1.82) is 0 Å². The van der Waals surface area contributed by atoms with Gasteiger partial charge in [-0.25, -0.2) is 4.98 Å². The van der Waals surface area contributed by atoms with Gasteiger partial charge in [-0.15, -0.1) is 0 Å². The van der Waals surface area contributed by atoms with Crippen LogP contribution in [0, 0.1) is 0 Å². The first kappa shape index (κ1) is 13.6. The Balaban J connectivity index is 1.67. The highest BCUT2D eigenvalue weighted by molar-refractivity contribution is 7.18. The Kier molecular flexibility index (Phi) is 3.80. The van der Waals surface area contributed by atoms with Gasteiger partial charge in [-0.1, -0.05) is 11.3 Å². The summed E-state index contributed by atoms with van der Waals surface area (Å²) in [7, 11) is 1.78. The summed E-state index contributed by atoms with van der Waals surface area (Å²) in [5.41, 5.74) is 5.84. The molecule has 3 N–H and O–H groups in total. The maximum absolute atomic E-state index is 12.5. The zero-order valence-corrected chi connectivity index (χ0v) is 12.6. The summed E-state index contributed by atoms with van der Waals surface area (Å²) >= 11 is 1.34. The summed E-state index contributed by atoms with van der Waals surface area (Å²) in [6.45, 7) is 4.01. The van der Waals surface area contributed by atoms with E-state index in [4.69, 9.17) is 5.73 Å². The SMILES string of the molecule is CNc1nc(N)c(C(=O)N2CCC(N3CCCC3)C2)s1. The van der Waals surface area contributed by atoms with Gasteiger partial charge >= 0.3 is 0 Å². The van der Waals surface area contributed by atoms with Gasteiger partial charge in [0.25, 0.3) is 5.91 Å². The second-order valence-electron chi connectivity index (χ2n) is 5.42. The predicted octanol–water partition coefficient (Wildman–Crippen LogP) is 1.08. The standard InChI is InChI=1S/C13H21N5OS/c1-15-13-16-11(14)10(20-13)12(19)18-7-4-9(8-18)17-5-2-3-6-17/h9H,2-8,14H2,1H3,(H,15,16). The molecular weight excluding hydrogens is 274 g/mol. The van der Waals surface area contributed by atoms with Crippen LogP contribution in [0.2, 0.25) is 0 Å². The molecule has 2 aliphatic rings. The zero-order valence-electron chi connectivity index (χ0n) is 11.8. The van der Waals surface area contributed by atoms with E-state index in [-0.39, 0.29) is 5.91 Å². The molecule has 0 spiro atoms. The fourth-order valence-corrected chi connectivity index (χ4v) is 3.87. The van der Waals surface area contributed by atoms with E-state index >= 15 is 0 Å².